The summed E-state index contributed by atoms with van der Waals surface area (Å²) in [6, 6.07) is 3.68. The third-order valence-corrected chi connectivity index (χ3v) is 2.58. The van der Waals surface area contributed by atoms with Gasteiger partial charge in [-0.3, -0.25) is 4.68 Å². The Morgan fingerprint density at radius 3 is 2.80 bits per heavy atom. The van der Waals surface area contributed by atoms with Gasteiger partial charge in [-0.2, -0.15) is 5.10 Å². The molecule has 2 heterocycles. The molecule has 0 unspecified atom stereocenters. The Bertz CT molecular complexity index is 554. The molecule has 0 saturated heterocycles. The van der Waals surface area contributed by atoms with Crippen LogP contribution in [-0.4, -0.2) is 26.4 Å². The van der Waals surface area contributed by atoms with Crippen molar-refractivity contribution in [2.24, 2.45) is 12.9 Å². The number of anilines is 2. The quantitative estimate of drug-likeness (QED) is 0.504. The Kier molecular flexibility index (Phi) is 4.85. The maximum Gasteiger partial charge on any atom is 0.158 e. The van der Waals surface area contributed by atoms with Crippen molar-refractivity contribution in [3.8, 4) is 0 Å². The molecule has 0 atom stereocenters. The summed E-state index contributed by atoms with van der Waals surface area (Å²) in [5.74, 6) is 7.19. The van der Waals surface area contributed by atoms with Gasteiger partial charge in [0, 0.05) is 25.9 Å². The standard InChI is InChI=1S/C12H19N7O/c1-3-20-8-12-15-10(6-11(16-12)17-13)14-7-9-4-5-19(2)18-9/h4-6H,3,7-8,13H2,1-2H3,(H2,14,15,16,17). The van der Waals surface area contributed by atoms with Crippen molar-refractivity contribution in [3.63, 3.8) is 0 Å². The third-order valence-electron chi connectivity index (χ3n) is 2.58. The maximum absolute atomic E-state index is 5.40. The predicted octanol–water partition coefficient (Wildman–Crippen LogP) is 0.644. The number of hydrazine groups is 1. The summed E-state index contributed by atoms with van der Waals surface area (Å²) in [5, 5.41) is 7.47. The molecule has 4 N–H and O–H groups in total. The molecule has 2 rings (SSSR count). The Morgan fingerprint density at radius 2 is 2.15 bits per heavy atom. The number of nitrogens with one attached hydrogen (secondary N) is 2. The highest BCUT2D eigenvalue weighted by molar-refractivity contribution is 5.46. The van der Waals surface area contributed by atoms with Gasteiger partial charge >= 0.3 is 0 Å². The number of rotatable bonds is 7. The molecule has 0 aliphatic carbocycles. The van der Waals surface area contributed by atoms with Crippen LogP contribution in [0.25, 0.3) is 0 Å². The number of nitrogen functional groups attached to an aromatic ring is 1. The van der Waals surface area contributed by atoms with Gasteiger partial charge in [0.25, 0.3) is 0 Å². The van der Waals surface area contributed by atoms with E-state index in [0.29, 0.717) is 37.2 Å². The van der Waals surface area contributed by atoms with Gasteiger partial charge in [0.05, 0.1) is 12.2 Å². The van der Waals surface area contributed by atoms with E-state index in [1.165, 1.54) is 0 Å². The Balaban J connectivity index is 2.05. The zero-order valence-corrected chi connectivity index (χ0v) is 11.6. The SMILES string of the molecule is CCOCc1nc(NN)cc(NCc2ccn(C)n2)n1. The molecule has 0 aliphatic rings. The molecule has 0 bridgehead atoms. The molecule has 108 valence electrons. The van der Waals surface area contributed by atoms with Crippen LogP contribution >= 0.6 is 0 Å². The lowest BCUT2D eigenvalue weighted by atomic mass is 10.4. The van der Waals surface area contributed by atoms with Gasteiger partial charge in [-0.15, -0.1) is 0 Å². The van der Waals surface area contributed by atoms with Crippen LogP contribution in [-0.2, 0) is 24.9 Å². The number of ether oxygens (including phenoxy) is 1. The molecule has 0 fully saturated rings. The van der Waals surface area contributed by atoms with Gasteiger partial charge in [0.15, 0.2) is 5.82 Å². The molecular formula is C12H19N7O. The van der Waals surface area contributed by atoms with Crippen LogP contribution in [0, 0.1) is 0 Å². The smallest absolute Gasteiger partial charge is 0.158 e. The first-order chi connectivity index (χ1) is 9.71. The Hall–Kier alpha value is -2.19. The number of hydrogen-bond acceptors (Lipinski definition) is 7. The number of aromatic nitrogens is 4. The van der Waals surface area contributed by atoms with E-state index in [2.05, 4.69) is 25.8 Å². The predicted molar refractivity (Wildman–Crippen MR) is 75.7 cm³/mol. The van der Waals surface area contributed by atoms with Crippen LogP contribution in [0.1, 0.15) is 18.4 Å². The first kappa shape index (κ1) is 14.2. The molecular weight excluding hydrogens is 258 g/mol. The zero-order chi connectivity index (χ0) is 14.4. The van der Waals surface area contributed by atoms with E-state index in [9.17, 15) is 0 Å². The largest absolute Gasteiger partial charge is 0.374 e. The lowest BCUT2D eigenvalue weighted by Gasteiger charge is -2.09. The second-order valence-corrected chi connectivity index (χ2v) is 4.17. The molecule has 0 aromatic carbocycles. The summed E-state index contributed by atoms with van der Waals surface area (Å²) in [4.78, 5) is 8.58. The summed E-state index contributed by atoms with van der Waals surface area (Å²) in [5.41, 5.74) is 3.45. The van der Waals surface area contributed by atoms with Crippen molar-refractivity contribution >= 4 is 11.6 Å². The zero-order valence-electron chi connectivity index (χ0n) is 11.6. The van der Waals surface area contributed by atoms with E-state index >= 15 is 0 Å². The fourth-order valence-corrected chi connectivity index (χ4v) is 1.66. The van der Waals surface area contributed by atoms with Crippen LogP contribution in [0.5, 0.6) is 0 Å². The first-order valence-electron chi connectivity index (χ1n) is 6.36. The Labute approximate surface area is 117 Å². The van der Waals surface area contributed by atoms with Crippen LogP contribution < -0.4 is 16.6 Å². The number of nitrogens with two attached hydrogens (primary N) is 1. The highest BCUT2D eigenvalue weighted by Crippen LogP contribution is 2.12. The van der Waals surface area contributed by atoms with Crippen molar-refractivity contribution in [2.75, 3.05) is 17.3 Å². The van der Waals surface area contributed by atoms with Crippen LogP contribution in [0.2, 0.25) is 0 Å². The Morgan fingerprint density at radius 1 is 1.35 bits per heavy atom. The summed E-state index contributed by atoms with van der Waals surface area (Å²) in [6.45, 7) is 3.46. The minimum absolute atomic E-state index is 0.351. The number of aryl methyl sites for hydroxylation is 1. The fourth-order valence-electron chi connectivity index (χ4n) is 1.66. The van der Waals surface area contributed by atoms with Gasteiger partial charge < -0.3 is 15.5 Å². The van der Waals surface area contributed by atoms with Crippen molar-refractivity contribution in [2.45, 2.75) is 20.1 Å². The van der Waals surface area contributed by atoms with E-state index in [1.807, 2.05) is 26.2 Å². The molecule has 0 saturated carbocycles. The molecule has 2 aromatic rings. The molecule has 0 amide bonds. The average molecular weight is 277 g/mol. The highest BCUT2D eigenvalue weighted by Gasteiger charge is 2.05. The van der Waals surface area contributed by atoms with Crippen molar-refractivity contribution in [1.29, 1.82) is 0 Å². The van der Waals surface area contributed by atoms with Gasteiger partial charge in [0.2, 0.25) is 0 Å². The van der Waals surface area contributed by atoms with E-state index < -0.39 is 0 Å². The lowest BCUT2D eigenvalue weighted by molar-refractivity contribution is 0.128. The first-order valence-corrected chi connectivity index (χ1v) is 6.36. The molecule has 8 heteroatoms. The average Bonchev–Trinajstić information content (AvgIpc) is 2.88. The van der Waals surface area contributed by atoms with Crippen molar-refractivity contribution in [1.82, 2.24) is 19.7 Å². The highest BCUT2D eigenvalue weighted by atomic mass is 16.5. The topological polar surface area (TPSA) is 103 Å². The van der Waals surface area contributed by atoms with E-state index in [1.54, 1.807) is 10.7 Å². The van der Waals surface area contributed by atoms with Gasteiger partial charge in [-0.1, -0.05) is 0 Å². The van der Waals surface area contributed by atoms with Crippen molar-refractivity contribution in [3.05, 3.63) is 29.8 Å². The van der Waals surface area contributed by atoms with Gasteiger partial charge in [-0.25, -0.2) is 15.8 Å². The minimum atomic E-state index is 0.351. The fraction of sp³-hybridized carbons (Fsp3) is 0.417. The maximum atomic E-state index is 5.40. The summed E-state index contributed by atoms with van der Waals surface area (Å²) in [7, 11) is 1.88. The second-order valence-electron chi connectivity index (χ2n) is 4.17. The minimum Gasteiger partial charge on any atom is -0.374 e. The number of nitrogens with zero attached hydrogens (tertiary/aromatic N) is 4. The van der Waals surface area contributed by atoms with Gasteiger partial charge in [-0.05, 0) is 13.0 Å². The number of hydrogen-bond donors (Lipinski definition) is 3. The monoisotopic (exact) mass is 277 g/mol. The molecule has 0 aliphatic heterocycles. The third kappa shape index (κ3) is 3.90. The second kappa shape index (κ2) is 6.83. The summed E-state index contributed by atoms with van der Waals surface area (Å²) >= 11 is 0. The van der Waals surface area contributed by atoms with Crippen LogP contribution in [0.3, 0.4) is 0 Å². The molecule has 8 nitrogen and oxygen atoms in total. The van der Waals surface area contributed by atoms with E-state index in [4.69, 9.17) is 10.6 Å². The summed E-state index contributed by atoms with van der Waals surface area (Å²) < 4.78 is 7.06. The lowest BCUT2D eigenvalue weighted by Crippen LogP contribution is -2.13. The molecule has 0 radical (unpaired) electrons. The van der Waals surface area contributed by atoms with Crippen molar-refractivity contribution < 1.29 is 4.74 Å². The molecule has 20 heavy (non-hydrogen) atoms. The van der Waals surface area contributed by atoms with E-state index in [-0.39, 0.29) is 0 Å². The van der Waals surface area contributed by atoms with Crippen LogP contribution in [0.4, 0.5) is 11.6 Å². The van der Waals surface area contributed by atoms with E-state index in [0.717, 1.165) is 5.69 Å². The van der Waals surface area contributed by atoms with Gasteiger partial charge in [0.1, 0.15) is 18.2 Å². The molecule has 0 spiro atoms. The molecule has 2 aromatic heterocycles. The summed E-state index contributed by atoms with van der Waals surface area (Å²) in [6.07, 6.45) is 1.89. The van der Waals surface area contributed by atoms with Crippen LogP contribution in [0.15, 0.2) is 18.3 Å². The normalized spacial score (nSPS) is 10.6.